The van der Waals surface area contributed by atoms with Gasteiger partial charge >= 0.3 is 0 Å². The topological polar surface area (TPSA) is 64.1 Å². The molecule has 0 aliphatic heterocycles. The molecule has 0 fully saturated rings. The Morgan fingerprint density at radius 2 is 1.59 bits per heavy atom. The minimum Gasteiger partial charge on any atom is -0.489 e. The number of nitrogens with one attached hydrogen (secondary N) is 1. The van der Waals surface area contributed by atoms with Crippen LogP contribution in [-0.2, 0) is 13.0 Å². The molecule has 29 heavy (non-hydrogen) atoms. The third kappa shape index (κ3) is 5.27. The van der Waals surface area contributed by atoms with E-state index in [0.29, 0.717) is 29.5 Å². The number of hydrogen-bond acceptors (Lipinski definition) is 5. The Morgan fingerprint density at radius 1 is 0.862 bits per heavy atom. The van der Waals surface area contributed by atoms with Crippen molar-refractivity contribution in [1.29, 1.82) is 0 Å². The molecule has 144 valence electrons. The number of benzene rings is 3. The van der Waals surface area contributed by atoms with Crippen molar-refractivity contribution >= 4 is 22.4 Å². The number of nitrogens with zero attached hydrogens (tertiary/aromatic N) is 2. The van der Waals surface area contributed by atoms with Crippen molar-refractivity contribution < 1.29 is 9.53 Å². The van der Waals surface area contributed by atoms with Gasteiger partial charge in [0.1, 0.15) is 17.4 Å². The lowest BCUT2D eigenvalue weighted by atomic mass is 10.2. The van der Waals surface area contributed by atoms with Crippen molar-refractivity contribution in [2.45, 2.75) is 13.0 Å². The number of carbonyl (C=O) groups is 1. The summed E-state index contributed by atoms with van der Waals surface area (Å²) in [6.45, 7) is 0.450. The maximum absolute atomic E-state index is 12.6. The summed E-state index contributed by atoms with van der Waals surface area (Å²) < 4.78 is 5.80. The van der Waals surface area contributed by atoms with Crippen LogP contribution in [0.2, 0.25) is 0 Å². The average molecular weight is 401 g/mol. The Kier molecular flexibility index (Phi) is 5.92. The molecule has 0 atom stereocenters. The largest absolute Gasteiger partial charge is 0.489 e. The molecule has 5 nitrogen and oxygen atoms in total. The van der Waals surface area contributed by atoms with Crippen LogP contribution in [0.5, 0.6) is 5.75 Å². The van der Waals surface area contributed by atoms with Gasteiger partial charge in [-0.1, -0.05) is 78.1 Å². The highest BCUT2D eigenvalue weighted by atomic mass is 32.1. The lowest BCUT2D eigenvalue weighted by Gasteiger charge is -2.08. The summed E-state index contributed by atoms with van der Waals surface area (Å²) in [4.78, 5) is 12.6. The van der Waals surface area contributed by atoms with Gasteiger partial charge in [0.15, 0.2) is 0 Å². The standard InChI is InChI=1S/C23H19N3O2S/c27-22(24-23-26-25-21(29-23)14-17-8-3-1-4-9-17)19-12-7-13-20(15-19)28-16-18-10-5-2-6-11-18/h1-13,15H,14,16H2,(H,24,26,27). The van der Waals surface area contributed by atoms with Gasteiger partial charge in [-0.15, -0.1) is 10.2 Å². The molecule has 1 amide bonds. The maximum Gasteiger partial charge on any atom is 0.257 e. The molecule has 0 saturated carbocycles. The molecule has 4 aromatic rings. The Labute approximate surface area is 173 Å². The van der Waals surface area contributed by atoms with Crippen LogP contribution in [-0.4, -0.2) is 16.1 Å². The highest BCUT2D eigenvalue weighted by Gasteiger charge is 2.11. The summed E-state index contributed by atoms with van der Waals surface area (Å²) in [7, 11) is 0. The van der Waals surface area contributed by atoms with E-state index in [-0.39, 0.29) is 5.91 Å². The van der Waals surface area contributed by atoms with Crippen LogP contribution in [0.4, 0.5) is 5.13 Å². The van der Waals surface area contributed by atoms with Crippen molar-refractivity contribution in [3.05, 3.63) is 107 Å². The predicted molar refractivity (Wildman–Crippen MR) is 114 cm³/mol. The lowest BCUT2D eigenvalue weighted by Crippen LogP contribution is -2.11. The van der Waals surface area contributed by atoms with Gasteiger partial charge in [0.25, 0.3) is 5.91 Å². The SMILES string of the molecule is O=C(Nc1nnc(Cc2ccccc2)s1)c1cccc(OCc2ccccc2)c1. The Balaban J connectivity index is 1.37. The molecular weight excluding hydrogens is 382 g/mol. The van der Waals surface area contributed by atoms with Crippen molar-refractivity contribution in [3.63, 3.8) is 0 Å². The molecule has 1 heterocycles. The minimum atomic E-state index is -0.238. The van der Waals surface area contributed by atoms with Crippen LogP contribution < -0.4 is 10.1 Å². The fourth-order valence-electron chi connectivity index (χ4n) is 2.78. The molecule has 0 aliphatic rings. The van der Waals surface area contributed by atoms with Gasteiger partial charge in [-0.25, -0.2) is 0 Å². The first-order valence-electron chi connectivity index (χ1n) is 9.21. The molecule has 0 bridgehead atoms. The van der Waals surface area contributed by atoms with Crippen LogP contribution in [0.1, 0.15) is 26.5 Å². The maximum atomic E-state index is 12.6. The first-order valence-corrected chi connectivity index (χ1v) is 10.0. The quantitative estimate of drug-likeness (QED) is 0.475. The van der Waals surface area contributed by atoms with Gasteiger partial charge in [-0.2, -0.15) is 0 Å². The summed E-state index contributed by atoms with van der Waals surface area (Å²) in [5, 5.41) is 12.4. The van der Waals surface area contributed by atoms with Gasteiger partial charge in [0.05, 0.1) is 0 Å². The molecule has 6 heteroatoms. The molecule has 0 saturated heterocycles. The molecule has 3 aromatic carbocycles. The van der Waals surface area contributed by atoms with Crippen LogP contribution >= 0.6 is 11.3 Å². The normalized spacial score (nSPS) is 10.5. The van der Waals surface area contributed by atoms with E-state index in [1.54, 1.807) is 18.2 Å². The fraction of sp³-hybridized carbons (Fsp3) is 0.0870. The van der Waals surface area contributed by atoms with E-state index >= 15 is 0 Å². The molecule has 0 aliphatic carbocycles. The predicted octanol–water partition coefficient (Wildman–Crippen LogP) is 4.96. The van der Waals surface area contributed by atoms with E-state index in [1.165, 1.54) is 11.3 Å². The van der Waals surface area contributed by atoms with Gasteiger partial charge in [0.2, 0.25) is 5.13 Å². The molecule has 1 aromatic heterocycles. The summed E-state index contributed by atoms with van der Waals surface area (Å²) in [5.41, 5.74) is 2.74. The van der Waals surface area contributed by atoms with Crippen molar-refractivity contribution in [3.8, 4) is 5.75 Å². The van der Waals surface area contributed by atoms with E-state index < -0.39 is 0 Å². The Bertz CT molecular complexity index is 1080. The van der Waals surface area contributed by atoms with Gasteiger partial charge in [0, 0.05) is 12.0 Å². The third-order valence-electron chi connectivity index (χ3n) is 4.23. The number of hydrogen-bond donors (Lipinski definition) is 1. The summed E-state index contributed by atoms with van der Waals surface area (Å²) in [6.07, 6.45) is 0.692. The number of carbonyl (C=O) groups excluding carboxylic acids is 1. The summed E-state index contributed by atoms with van der Waals surface area (Å²) in [5.74, 6) is 0.404. The molecule has 1 N–H and O–H groups in total. The van der Waals surface area contributed by atoms with Crippen LogP contribution in [0.3, 0.4) is 0 Å². The highest BCUT2D eigenvalue weighted by Crippen LogP contribution is 2.21. The van der Waals surface area contributed by atoms with Crippen molar-refractivity contribution in [1.82, 2.24) is 10.2 Å². The smallest absolute Gasteiger partial charge is 0.257 e. The van der Waals surface area contributed by atoms with Crippen LogP contribution in [0.25, 0.3) is 0 Å². The molecular formula is C23H19N3O2S. The summed E-state index contributed by atoms with van der Waals surface area (Å²) >= 11 is 1.38. The van der Waals surface area contributed by atoms with Gasteiger partial charge in [-0.05, 0) is 29.3 Å². The highest BCUT2D eigenvalue weighted by molar-refractivity contribution is 7.15. The van der Waals surface area contributed by atoms with Crippen LogP contribution in [0, 0.1) is 0 Å². The van der Waals surface area contributed by atoms with Crippen molar-refractivity contribution in [2.24, 2.45) is 0 Å². The molecule has 0 radical (unpaired) electrons. The number of amides is 1. The van der Waals surface area contributed by atoms with E-state index in [1.807, 2.05) is 66.7 Å². The fourth-order valence-corrected chi connectivity index (χ4v) is 3.55. The average Bonchev–Trinajstić information content (AvgIpc) is 3.20. The molecule has 0 spiro atoms. The van der Waals surface area contributed by atoms with E-state index in [0.717, 1.165) is 16.1 Å². The zero-order chi connectivity index (χ0) is 19.9. The number of anilines is 1. The third-order valence-corrected chi connectivity index (χ3v) is 5.07. The monoisotopic (exact) mass is 401 g/mol. The summed E-state index contributed by atoms with van der Waals surface area (Å²) in [6, 6.07) is 27.1. The second kappa shape index (κ2) is 9.12. The zero-order valence-electron chi connectivity index (χ0n) is 15.6. The van der Waals surface area contributed by atoms with Crippen molar-refractivity contribution in [2.75, 3.05) is 5.32 Å². The second-order valence-corrected chi connectivity index (χ2v) is 7.48. The minimum absolute atomic E-state index is 0.238. The van der Waals surface area contributed by atoms with E-state index in [9.17, 15) is 4.79 Å². The first-order chi connectivity index (χ1) is 14.3. The molecule has 4 rings (SSSR count). The Morgan fingerprint density at radius 3 is 2.34 bits per heavy atom. The second-order valence-electron chi connectivity index (χ2n) is 6.42. The Hall–Kier alpha value is -3.51. The molecule has 0 unspecified atom stereocenters. The van der Waals surface area contributed by atoms with E-state index in [2.05, 4.69) is 15.5 Å². The number of ether oxygens (including phenoxy) is 1. The number of rotatable bonds is 7. The van der Waals surface area contributed by atoms with Crippen LogP contribution in [0.15, 0.2) is 84.9 Å². The first kappa shape index (κ1) is 18.8. The van der Waals surface area contributed by atoms with Gasteiger partial charge in [-0.3, -0.25) is 10.1 Å². The van der Waals surface area contributed by atoms with Gasteiger partial charge < -0.3 is 4.74 Å². The zero-order valence-corrected chi connectivity index (χ0v) is 16.4. The lowest BCUT2D eigenvalue weighted by molar-refractivity contribution is 0.102. The van der Waals surface area contributed by atoms with E-state index in [4.69, 9.17) is 4.74 Å². The number of aromatic nitrogens is 2.